The van der Waals surface area contributed by atoms with Gasteiger partial charge in [0.2, 0.25) is 0 Å². The molecule has 0 aromatic rings. The van der Waals surface area contributed by atoms with E-state index in [1.807, 2.05) is 39.8 Å². The average molecular weight is 536 g/mol. The summed E-state index contributed by atoms with van der Waals surface area (Å²) >= 11 is 0. The van der Waals surface area contributed by atoms with Gasteiger partial charge in [-0.05, 0) is 80.1 Å². The number of rotatable bonds is 12. The molecule has 0 saturated carbocycles. The Hall–Kier alpha value is 3.26. The Balaban J connectivity index is -0.000000653. The van der Waals surface area contributed by atoms with Crippen LogP contribution in [0, 0.1) is 0 Å². The topological polar surface area (TPSA) is 126 Å². The van der Waals surface area contributed by atoms with Crippen LogP contribution >= 0.6 is 15.2 Å². The van der Waals surface area contributed by atoms with Crippen molar-refractivity contribution in [3.8, 4) is 0 Å². The molecule has 0 spiro atoms. The van der Waals surface area contributed by atoms with Crippen molar-refractivity contribution in [3.05, 3.63) is 46.6 Å². The second-order valence-corrected chi connectivity index (χ2v) is 12.2. The smallest absolute Gasteiger partial charge is 0.810 e. The van der Waals surface area contributed by atoms with Gasteiger partial charge in [0.1, 0.15) is 0 Å². The molecule has 0 heterocycles. The van der Waals surface area contributed by atoms with Gasteiger partial charge in [-0.2, -0.15) is 0 Å². The first-order valence-electron chi connectivity index (χ1n) is 9.74. The summed E-state index contributed by atoms with van der Waals surface area (Å²) in [6, 6.07) is 0. The maximum Gasteiger partial charge on any atom is 1.00 e. The van der Waals surface area contributed by atoms with Crippen molar-refractivity contribution in [3.63, 3.8) is 0 Å². The largest absolute Gasteiger partial charge is 1.00 e. The Morgan fingerprint density at radius 2 is 0.879 bits per heavy atom. The summed E-state index contributed by atoms with van der Waals surface area (Å²) in [5, 5.41) is 0. The molecule has 6 nitrogen and oxygen atoms in total. The Morgan fingerprint density at radius 3 is 1.09 bits per heavy atom. The Bertz CT molecular complexity index is 695. The van der Waals surface area contributed by atoms with E-state index in [1.165, 1.54) is 12.2 Å². The van der Waals surface area contributed by atoms with Crippen LogP contribution in [0.25, 0.3) is 0 Å². The molecule has 0 aliphatic heterocycles. The zero-order chi connectivity index (χ0) is 22.9. The maximum atomic E-state index is 12.0. The monoisotopic (exact) mass is 536 g/mol. The van der Waals surface area contributed by atoms with Gasteiger partial charge in [0, 0.05) is 4.90 Å². The first-order chi connectivity index (χ1) is 13.1. The van der Waals surface area contributed by atoms with Gasteiger partial charge in [-0.15, -0.1) is 0 Å². The molecule has 0 bridgehead atoms. The third kappa shape index (κ3) is 19.0. The van der Waals surface area contributed by atoms with Crippen LogP contribution < -0.4 is 138 Å². The zero-order valence-corrected chi connectivity index (χ0v) is 32.2. The van der Waals surface area contributed by atoms with E-state index in [0.717, 1.165) is 22.3 Å². The van der Waals surface area contributed by atoms with Crippen molar-refractivity contribution in [2.45, 2.75) is 85.0 Å². The van der Waals surface area contributed by atoms with E-state index in [-0.39, 0.29) is 118 Å². The summed E-state index contributed by atoms with van der Waals surface area (Å²) in [7, 11) is -11.5. The molecule has 33 heavy (non-hydrogen) atoms. The molecule has 0 aliphatic carbocycles. The van der Waals surface area contributed by atoms with Crippen molar-refractivity contribution in [2.24, 2.45) is 0 Å². The van der Waals surface area contributed by atoms with E-state index in [2.05, 4.69) is 0 Å². The molecule has 0 N–H and O–H groups in total. The molecular formula is C21H34Na4O6P2. The minimum atomic E-state index is -5.73. The molecule has 0 aliphatic rings. The quantitative estimate of drug-likeness (QED) is 0.139. The normalized spacial score (nSPS) is 12.3. The molecule has 0 aromatic carbocycles. The van der Waals surface area contributed by atoms with Crippen molar-refractivity contribution >= 4 is 15.2 Å². The third-order valence-electron chi connectivity index (χ3n) is 4.76. The van der Waals surface area contributed by atoms with Crippen LogP contribution in [-0.4, -0.2) is 4.90 Å². The summed E-state index contributed by atoms with van der Waals surface area (Å²) in [5.74, 6) is 0. The summed E-state index contributed by atoms with van der Waals surface area (Å²) < 4.78 is 23.9. The Labute approximate surface area is 289 Å². The van der Waals surface area contributed by atoms with Crippen LogP contribution in [0.4, 0.5) is 0 Å². The van der Waals surface area contributed by atoms with E-state index in [1.54, 1.807) is 13.8 Å². The molecule has 168 valence electrons. The van der Waals surface area contributed by atoms with Crippen molar-refractivity contribution in [1.29, 1.82) is 0 Å². The van der Waals surface area contributed by atoms with Gasteiger partial charge in [-0.3, -0.25) is 0 Å². The first-order valence-corrected chi connectivity index (χ1v) is 12.8. The molecule has 0 radical (unpaired) electrons. The van der Waals surface area contributed by atoms with Crippen LogP contribution in [-0.2, 0) is 9.13 Å². The molecule has 0 rings (SSSR count). The second-order valence-electron chi connectivity index (χ2n) is 8.13. The van der Waals surface area contributed by atoms with E-state index >= 15 is 0 Å². The summed E-state index contributed by atoms with van der Waals surface area (Å²) in [5.41, 5.74) is 3.73. The van der Waals surface area contributed by atoms with Gasteiger partial charge in [0.05, 0.1) is 0 Å². The first kappa shape index (κ1) is 46.1. The molecule has 0 aromatic heterocycles. The fourth-order valence-electron chi connectivity index (χ4n) is 2.74. The van der Waals surface area contributed by atoms with Crippen LogP contribution in [0.2, 0.25) is 0 Å². The number of hydrogen-bond acceptors (Lipinski definition) is 6. The molecule has 0 unspecified atom stereocenters. The number of hydrogen-bond donors (Lipinski definition) is 0. The van der Waals surface area contributed by atoms with Gasteiger partial charge >= 0.3 is 118 Å². The zero-order valence-electron chi connectivity index (χ0n) is 22.4. The van der Waals surface area contributed by atoms with Crippen LogP contribution in [0.1, 0.15) is 80.1 Å². The summed E-state index contributed by atoms with van der Waals surface area (Å²) in [6.07, 6.45) is 8.14. The van der Waals surface area contributed by atoms with E-state index < -0.39 is 32.9 Å². The predicted octanol–water partition coefficient (Wildman–Crippen LogP) is -8.31. The molecule has 0 amide bonds. The fraction of sp³-hybridized carbons (Fsp3) is 0.619. The van der Waals surface area contributed by atoms with Gasteiger partial charge in [-0.25, -0.2) is 0 Å². The SMILES string of the molecule is CC(C)=CCC/C(C)=C/CC(C/C=C(\C)CCC=C(C)C)(P(=O)([O-])[O-])P(=O)([O-])[O-].[Na+].[Na+].[Na+].[Na+]. The molecule has 12 heteroatoms. The van der Waals surface area contributed by atoms with Crippen molar-refractivity contribution in [1.82, 2.24) is 0 Å². The average Bonchev–Trinajstić information content (AvgIpc) is 2.51. The van der Waals surface area contributed by atoms with E-state index in [9.17, 15) is 28.7 Å². The Morgan fingerprint density at radius 1 is 0.606 bits per heavy atom. The van der Waals surface area contributed by atoms with Crippen LogP contribution in [0.3, 0.4) is 0 Å². The molecule has 0 saturated heterocycles. The van der Waals surface area contributed by atoms with Crippen molar-refractivity contribution < 1.29 is 147 Å². The number of allylic oxidation sites excluding steroid dienone is 8. The maximum absolute atomic E-state index is 12.0. The van der Waals surface area contributed by atoms with Gasteiger partial charge in [0.15, 0.2) is 0 Å². The van der Waals surface area contributed by atoms with Crippen LogP contribution in [0.5, 0.6) is 0 Å². The Kier molecular flexibility index (Phi) is 30.9. The predicted molar refractivity (Wildman–Crippen MR) is 112 cm³/mol. The molecule has 0 fully saturated rings. The second kappa shape index (κ2) is 22.1. The summed E-state index contributed by atoms with van der Waals surface area (Å²) in [4.78, 5) is 44.9. The molecular weight excluding hydrogens is 502 g/mol. The van der Waals surface area contributed by atoms with Gasteiger partial charge in [-0.1, -0.05) is 61.8 Å². The van der Waals surface area contributed by atoms with E-state index in [0.29, 0.717) is 25.7 Å². The van der Waals surface area contributed by atoms with Crippen molar-refractivity contribution in [2.75, 3.05) is 0 Å². The van der Waals surface area contributed by atoms with E-state index in [4.69, 9.17) is 0 Å². The minimum absolute atomic E-state index is 0. The van der Waals surface area contributed by atoms with Gasteiger partial charge < -0.3 is 28.7 Å². The summed E-state index contributed by atoms with van der Waals surface area (Å²) in [6.45, 7) is 11.3. The third-order valence-corrected chi connectivity index (χ3v) is 9.00. The molecule has 0 atom stereocenters. The van der Waals surface area contributed by atoms with Crippen LogP contribution in [0.15, 0.2) is 46.6 Å². The standard InChI is InChI=1S/C21H38O6P2.4Na/c1-17(2)9-7-11-19(5)13-15-21(28(22,23)24,29(25,26)27)16-14-20(6)12-8-10-18(3)4;;;;/h9-10,13-14H,7-8,11-12,15-16H2,1-6H3,(H2,22,23,24)(H2,25,26,27);;;;/q;4*+1/p-4/b19-13+,20-14+;;;;. The minimum Gasteiger partial charge on any atom is -0.810 e. The fourth-order valence-corrected chi connectivity index (χ4v) is 5.20. The van der Waals surface area contributed by atoms with Gasteiger partial charge in [0.25, 0.3) is 0 Å².